The molecule has 3 rings (SSSR count). The maximum absolute atomic E-state index is 13.0. The molecule has 0 atom stereocenters. The quantitative estimate of drug-likeness (QED) is 0.617. The van der Waals surface area contributed by atoms with Crippen LogP contribution in [-0.4, -0.2) is 18.9 Å². The molecular formula is C24H22N2O3. The number of benzene rings is 3. The molecule has 0 heterocycles. The number of para-hydroxylation sites is 1. The van der Waals surface area contributed by atoms with Crippen molar-refractivity contribution in [2.75, 3.05) is 12.4 Å². The molecule has 5 nitrogen and oxygen atoms in total. The van der Waals surface area contributed by atoms with Crippen LogP contribution in [0.3, 0.4) is 0 Å². The average molecular weight is 386 g/mol. The van der Waals surface area contributed by atoms with Crippen LogP contribution in [0.25, 0.3) is 6.08 Å². The summed E-state index contributed by atoms with van der Waals surface area (Å²) >= 11 is 0. The van der Waals surface area contributed by atoms with Gasteiger partial charge in [0.2, 0.25) is 0 Å². The zero-order valence-corrected chi connectivity index (χ0v) is 16.3. The number of methoxy groups -OCH3 is 1. The predicted octanol–water partition coefficient (Wildman–Crippen LogP) is 4.41. The van der Waals surface area contributed by atoms with Crippen molar-refractivity contribution in [3.05, 3.63) is 101 Å². The average Bonchev–Trinajstić information content (AvgIpc) is 2.74. The summed E-state index contributed by atoms with van der Waals surface area (Å²) in [6.45, 7) is 1.94. The van der Waals surface area contributed by atoms with Gasteiger partial charge in [-0.1, -0.05) is 48.5 Å². The Hall–Kier alpha value is -3.86. The zero-order chi connectivity index (χ0) is 20.6. The summed E-state index contributed by atoms with van der Waals surface area (Å²) < 4.78 is 5.36. The molecule has 0 fully saturated rings. The maximum atomic E-state index is 13.0. The van der Waals surface area contributed by atoms with Crippen LogP contribution < -0.4 is 15.4 Å². The number of rotatable bonds is 6. The first kappa shape index (κ1) is 19.9. The third-order valence-corrected chi connectivity index (χ3v) is 4.24. The molecule has 0 aliphatic rings. The topological polar surface area (TPSA) is 67.4 Å². The zero-order valence-electron chi connectivity index (χ0n) is 16.3. The second-order valence-electron chi connectivity index (χ2n) is 6.44. The number of aryl methyl sites for hydroxylation is 1. The lowest BCUT2D eigenvalue weighted by atomic mass is 10.1. The summed E-state index contributed by atoms with van der Waals surface area (Å²) in [7, 11) is 1.56. The molecule has 0 spiro atoms. The van der Waals surface area contributed by atoms with Gasteiger partial charge in [0.05, 0.1) is 7.11 Å². The molecule has 146 valence electrons. The van der Waals surface area contributed by atoms with Crippen LogP contribution in [0.1, 0.15) is 21.5 Å². The fourth-order valence-corrected chi connectivity index (χ4v) is 2.80. The third-order valence-electron chi connectivity index (χ3n) is 4.24. The van der Waals surface area contributed by atoms with Crippen LogP contribution >= 0.6 is 0 Å². The van der Waals surface area contributed by atoms with E-state index in [4.69, 9.17) is 4.74 Å². The highest BCUT2D eigenvalue weighted by molar-refractivity contribution is 6.10. The van der Waals surface area contributed by atoms with E-state index in [9.17, 15) is 9.59 Å². The molecule has 29 heavy (non-hydrogen) atoms. The van der Waals surface area contributed by atoms with Gasteiger partial charge in [0, 0.05) is 16.8 Å². The molecule has 0 aromatic heterocycles. The molecule has 2 N–H and O–H groups in total. The van der Waals surface area contributed by atoms with E-state index in [1.807, 2.05) is 49.4 Å². The number of amides is 2. The Labute approximate surface area is 170 Å². The molecular weight excluding hydrogens is 364 g/mol. The van der Waals surface area contributed by atoms with Crippen LogP contribution in [0.15, 0.2) is 84.6 Å². The van der Waals surface area contributed by atoms with Gasteiger partial charge in [-0.15, -0.1) is 0 Å². The van der Waals surface area contributed by atoms with Gasteiger partial charge in [-0.05, 0) is 48.9 Å². The minimum atomic E-state index is -0.425. The molecule has 0 unspecified atom stereocenters. The minimum Gasteiger partial charge on any atom is -0.496 e. The van der Waals surface area contributed by atoms with E-state index in [1.165, 1.54) is 0 Å². The van der Waals surface area contributed by atoms with E-state index < -0.39 is 5.91 Å². The van der Waals surface area contributed by atoms with E-state index in [-0.39, 0.29) is 11.6 Å². The first-order valence-corrected chi connectivity index (χ1v) is 9.16. The lowest BCUT2D eigenvalue weighted by Gasteiger charge is -2.13. The van der Waals surface area contributed by atoms with Crippen molar-refractivity contribution in [3.63, 3.8) is 0 Å². The normalized spacial score (nSPS) is 10.9. The highest BCUT2D eigenvalue weighted by atomic mass is 16.5. The molecule has 0 bridgehead atoms. The Kier molecular flexibility index (Phi) is 6.43. The molecule has 5 heteroatoms. The maximum Gasteiger partial charge on any atom is 0.272 e. The smallest absolute Gasteiger partial charge is 0.272 e. The van der Waals surface area contributed by atoms with Crippen molar-refractivity contribution < 1.29 is 14.3 Å². The Morgan fingerprint density at radius 2 is 1.62 bits per heavy atom. The molecule has 0 aliphatic carbocycles. The number of ether oxygens (including phenoxy) is 1. The van der Waals surface area contributed by atoms with E-state index in [2.05, 4.69) is 10.6 Å². The second-order valence-corrected chi connectivity index (χ2v) is 6.44. The highest BCUT2D eigenvalue weighted by Crippen LogP contribution is 2.21. The van der Waals surface area contributed by atoms with E-state index in [0.717, 1.165) is 5.56 Å². The van der Waals surface area contributed by atoms with Crippen LogP contribution in [-0.2, 0) is 4.79 Å². The molecule has 3 aromatic rings. The monoisotopic (exact) mass is 386 g/mol. The van der Waals surface area contributed by atoms with Gasteiger partial charge in [0.25, 0.3) is 11.8 Å². The van der Waals surface area contributed by atoms with Crippen LogP contribution in [0.4, 0.5) is 5.69 Å². The molecule has 0 saturated heterocycles. The first-order chi connectivity index (χ1) is 14.1. The molecule has 3 aromatic carbocycles. The largest absolute Gasteiger partial charge is 0.496 e. The fourth-order valence-electron chi connectivity index (χ4n) is 2.80. The Balaban J connectivity index is 1.93. The lowest BCUT2D eigenvalue weighted by Crippen LogP contribution is -2.30. The van der Waals surface area contributed by atoms with E-state index >= 15 is 0 Å². The van der Waals surface area contributed by atoms with Crippen molar-refractivity contribution in [2.45, 2.75) is 6.92 Å². The Morgan fingerprint density at radius 1 is 0.897 bits per heavy atom. The summed E-state index contributed by atoms with van der Waals surface area (Å²) in [6.07, 6.45) is 1.60. The van der Waals surface area contributed by atoms with Gasteiger partial charge in [0.15, 0.2) is 0 Å². The Morgan fingerprint density at radius 3 is 2.34 bits per heavy atom. The van der Waals surface area contributed by atoms with Gasteiger partial charge in [-0.25, -0.2) is 0 Å². The van der Waals surface area contributed by atoms with Crippen molar-refractivity contribution in [1.29, 1.82) is 0 Å². The van der Waals surface area contributed by atoms with E-state index in [1.54, 1.807) is 49.6 Å². The summed E-state index contributed by atoms with van der Waals surface area (Å²) in [4.78, 5) is 25.6. The third kappa shape index (κ3) is 5.32. The highest BCUT2D eigenvalue weighted by Gasteiger charge is 2.16. The molecule has 0 aliphatic heterocycles. The molecule has 0 radical (unpaired) electrons. The van der Waals surface area contributed by atoms with Gasteiger partial charge in [-0.3, -0.25) is 9.59 Å². The molecule has 0 saturated carbocycles. The number of nitrogens with one attached hydrogen (secondary N) is 2. The van der Waals surface area contributed by atoms with E-state index in [0.29, 0.717) is 22.6 Å². The number of carbonyl (C=O) groups excluding carboxylic acids is 2. The van der Waals surface area contributed by atoms with Crippen molar-refractivity contribution in [1.82, 2.24) is 5.32 Å². The number of carbonyl (C=O) groups is 2. The number of anilines is 1. The van der Waals surface area contributed by atoms with Crippen LogP contribution in [0.2, 0.25) is 0 Å². The predicted molar refractivity (Wildman–Crippen MR) is 115 cm³/mol. The second kappa shape index (κ2) is 9.37. The summed E-state index contributed by atoms with van der Waals surface area (Å²) in [5, 5.41) is 5.56. The summed E-state index contributed by atoms with van der Waals surface area (Å²) in [5.41, 5.74) is 2.92. The van der Waals surface area contributed by atoms with Gasteiger partial charge in [0.1, 0.15) is 11.4 Å². The van der Waals surface area contributed by atoms with Crippen molar-refractivity contribution >= 4 is 23.6 Å². The lowest BCUT2D eigenvalue weighted by molar-refractivity contribution is -0.113. The summed E-state index contributed by atoms with van der Waals surface area (Å²) in [6, 6.07) is 23.5. The number of hydrogen-bond acceptors (Lipinski definition) is 3. The fraction of sp³-hybridized carbons (Fsp3) is 0.0833. The van der Waals surface area contributed by atoms with Crippen LogP contribution in [0, 0.1) is 6.92 Å². The van der Waals surface area contributed by atoms with Gasteiger partial charge < -0.3 is 15.4 Å². The first-order valence-electron chi connectivity index (χ1n) is 9.16. The van der Waals surface area contributed by atoms with Gasteiger partial charge >= 0.3 is 0 Å². The van der Waals surface area contributed by atoms with Crippen molar-refractivity contribution in [3.8, 4) is 5.75 Å². The van der Waals surface area contributed by atoms with Gasteiger partial charge in [-0.2, -0.15) is 0 Å². The number of hydrogen-bond donors (Lipinski definition) is 2. The Bertz CT molecular complexity index is 1040. The minimum absolute atomic E-state index is 0.116. The standard InChI is InChI=1S/C24H22N2O3/c1-17-9-8-13-20(15-17)25-24(28)21(16-19-12-6-7-14-22(19)29-2)26-23(27)18-10-4-3-5-11-18/h3-16H,1-2H3,(H,25,28)(H,26,27)/b21-16-. The molecule has 2 amide bonds. The van der Waals surface area contributed by atoms with Crippen LogP contribution in [0.5, 0.6) is 5.75 Å². The van der Waals surface area contributed by atoms with Crippen molar-refractivity contribution in [2.24, 2.45) is 0 Å². The SMILES string of the molecule is COc1ccccc1/C=C(\NC(=O)c1ccccc1)C(=O)Nc1cccc(C)c1. The summed E-state index contributed by atoms with van der Waals surface area (Å²) in [5.74, 6) is -0.195.